The van der Waals surface area contributed by atoms with Crippen molar-refractivity contribution in [2.24, 2.45) is 0 Å². The number of nitrogens with zero attached hydrogens (tertiary/aromatic N) is 1. The Bertz CT molecular complexity index is 814. The second-order valence-electron chi connectivity index (χ2n) is 6.41. The van der Waals surface area contributed by atoms with Gasteiger partial charge in [-0.15, -0.1) is 0 Å². The first-order chi connectivity index (χ1) is 13.0. The molecule has 0 amide bonds. The van der Waals surface area contributed by atoms with E-state index in [0.717, 1.165) is 28.2 Å². The average molecular weight is 525 g/mol. The fraction of sp³-hybridized carbons (Fsp3) is 0.182. The Hall–Kier alpha value is -0.711. The van der Waals surface area contributed by atoms with E-state index in [4.69, 9.17) is 34.8 Å². The van der Waals surface area contributed by atoms with E-state index in [1.165, 1.54) is 10.7 Å². The first kappa shape index (κ1) is 21.0. The second kappa shape index (κ2) is 9.19. The zero-order valence-electron chi connectivity index (χ0n) is 15.4. The van der Waals surface area contributed by atoms with Gasteiger partial charge in [0.05, 0.1) is 0 Å². The van der Waals surface area contributed by atoms with E-state index in [1.54, 1.807) is 0 Å². The fourth-order valence-corrected chi connectivity index (χ4v) is 19.9. The average Bonchev–Trinajstić information content (AvgIpc) is 2.66. The summed E-state index contributed by atoms with van der Waals surface area (Å²) in [5.41, 5.74) is 0. The van der Waals surface area contributed by atoms with Crippen molar-refractivity contribution in [1.29, 1.82) is 0 Å². The van der Waals surface area contributed by atoms with Crippen LogP contribution in [0.25, 0.3) is 0 Å². The summed E-state index contributed by atoms with van der Waals surface area (Å²) in [6.07, 6.45) is 0. The van der Waals surface area contributed by atoms with Crippen LogP contribution in [0.1, 0.15) is 13.8 Å². The first-order valence-corrected chi connectivity index (χ1v) is 15.7. The summed E-state index contributed by atoms with van der Waals surface area (Å²) in [6.45, 7) is 6.32. The van der Waals surface area contributed by atoms with Gasteiger partial charge in [-0.1, -0.05) is 0 Å². The number of hydrogen-bond acceptors (Lipinski definition) is 1. The molecule has 3 rings (SSSR count). The SMILES string of the molecule is CC[N](CC)[Sn]([c]1cccc(Cl)c1)([c]1cccc(Cl)c1)[c]1cccc(Cl)c1. The quantitative estimate of drug-likeness (QED) is 0.412. The molecule has 0 saturated heterocycles. The van der Waals surface area contributed by atoms with Crippen molar-refractivity contribution in [2.45, 2.75) is 13.8 Å². The van der Waals surface area contributed by atoms with Gasteiger partial charge in [-0.2, -0.15) is 0 Å². The van der Waals surface area contributed by atoms with Crippen molar-refractivity contribution in [3.05, 3.63) is 87.9 Å². The Morgan fingerprint density at radius 3 is 1.22 bits per heavy atom. The van der Waals surface area contributed by atoms with Crippen LogP contribution in [0.3, 0.4) is 0 Å². The summed E-state index contributed by atoms with van der Waals surface area (Å²) in [4.78, 5) is 0. The third-order valence-electron chi connectivity index (χ3n) is 4.96. The zero-order chi connectivity index (χ0) is 19.4. The number of rotatable bonds is 6. The summed E-state index contributed by atoms with van der Waals surface area (Å²) in [7, 11) is 0. The van der Waals surface area contributed by atoms with Crippen LogP contribution in [0.4, 0.5) is 0 Å². The van der Waals surface area contributed by atoms with Crippen molar-refractivity contribution >= 4 is 64.2 Å². The predicted octanol–water partition coefficient (Wildman–Crippen LogP) is 4.96. The van der Waals surface area contributed by atoms with Crippen LogP contribution in [0, 0.1) is 0 Å². The van der Waals surface area contributed by atoms with Gasteiger partial charge in [-0.05, 0) is 0 Å². The van der Waals surface area contributed by atoms with Crippen molar-refractivity contribution < 1.29 is 0 Å². The van der Waals surface area contributed by atoms with Crippen LogP contribution in [-0.2, 0) is 0 Å². The minimum absolute atomic E-state index is 0.754. The molecule has 0 heterocycles. The molecule has 0 aromatic heterocycles. The number of halogens is 3. The van der Waals surface area contributed by atoms with Gasteiger partial charge in [-0.3, -0.25) is 0 Å². The molecular weight excluding hydrogens is 503 g/mol. The standard InChI is InChI=1S/3C6H4Cl.C4H10N.Sn/c3*7-6-4-2-1-3-5-6;1-3-5-4-2;/h3*1-2,4-5H;3-4H2,1-2H3;/q;;;-1;+1. The normalized spacial score (nSPS) is 11.8. The predicted molar refractivity (Wildman–Crippen MR) is 122 cm³/mol. The Morgan fingerprint density at radius 1 is 0.630 bits per heavy atom. The zero-order valence-corrected chi connectivity index (χ0v) is 20.5. The third-order valence-corrected chi connectivity index (χ3v) is 20.0. The van der Waals surface area contributed by atoms with Gasteiger partial charge < -0.3 is 0 Å². The molecule has 5 heteroatoms. The first-order valence-electron chi connectivity index (χ1n) is 9.05. The molecule has 0 spiro atoms. The van der Waals surface area contributed by atoms with Gasteiger partial charge in [0.15, 0.2) is 0 Å². The summed E-state index contributed by atoms with van der Waals surface area (Å²) in [6, 6.07) is 24.9. The molecule has 0 atom stereocenters. The Balaban J connectivity index is 2.44. The summed E-state index contributed by atoms with van der Waals surface area (Å²) < 4.78 is 6.51. The number of benzene rings is 3. The maximum atomic E-state index is 6.44. The summed E-state index contributed by atoms with van der Waals surface area (Å²) in [5.74, 6) is 0. The molecule has 1 nitrogen and oxygen atoms in total. The van der Waals surface area contributed by atoms with Crippen molar-refractivity contribution in [3.63, 3.8) is 0 Å². The van der Waals surface area contributed by atoms with Crippen LogP contribution >= 0.6 is 34.8 Å². The fourth-order valence-electron chi connectivity index (χ4n) is 3.89. The van der Waals surface area contributed by atoms with E-state index >= 15 is 0 Å². The molecule has 0 radical (unpaired) electrons. The molecule has 0 aliphatic heterocycles. The Morgan fingerprint density at radius 2 is 0.963 bits per heavy atom. The monoisotopic (exact) mass is 525 g/mol. The topological polar surface area (TPSA) is 3.24 Å². The molecule has 0 N–H and O–H groups in total. The van der Waals surface area contributed by atoms with Crippen LogP contribution in [0.5, 0.6) is 0 Å². The van der Waals surface area contributed by atoms with Crippen LogP contribution in [0.2, 0.25) is 15.1 Å². The van der Waals surface area contributed by atoms with Crippen molar-refractivity contribution in [3.8, 4) is 0 Å². The summed E-state index contributed by atoms with van der Waals surface area (Å²) >= 11 is 15.7. The van der Waals surface area contributed by atoms with E-state index in [2.05, 4.69) is 53.4 Å². The van der Waals surface area contributed by atoms with E-state index in [9.17, 15) is 0 Å². The summed E-state index contributed by atoms with van der Waals surface area (Å²) in [5, 5.41) is 2.26. The third kappa shape index (κ3) is 4.18. The number of hydrogen-bond donors (Lipinski definition) is 0. The Labute approximate surface area is 181 Å². The molecule has 0 unspecified atom stereocenters. The molecule has 140 valence electrons. The molecule has 0 aliphatic carbocycles. The van der Waals surface area contributed by atoms with Crippen LogP contribution < -0.4 is 10.7 Å². The van der Waals surface area contributed by atoms with Gasteiger partial charge >= 0.3 is 182 Å². The Kier molecular flexibility index (Phi) is 7.15. The van der Waals surface area contributed by atoms with E-state index in [0.29, 0.717) is 0 Å². The molecule has 27 heavy (non-hydrogen) atoms. The van der Waals surface area contributed by atoms with Gasteiger partial charge in [0.1, 0.15) is 0 Å². The molecule has 0 bridgehead atoms. The molecule has 0 aliphatic rings. The molecule has 0 fully saturated rings. The second-order valence-corrected chi connectivity index (χ2v) is 18.5. The maximum absolute atomic E-state index is 6.44. The van der Waals surface area contributed by atoms with Gasteiger partial charge in [0.2, 0.25) is 0 Å². The van der Waals surface area contributed by atoms with Crippen LogP contribution in [0.15, 0.2) is 72.8 Å². The van der Waals surface area contributed by atoms with Crippen molar-refractivity contribution in [1.82, 2.24) is 3.12 Å². The van der Waals surface area contributed by atoms with E-state index < -0.39 is 18.7 Å². The molecular formula is C22H22Cl3NSn. The minimum atomic E-state index is -3.60. The molecule has 3 aromatic carbocycles. The van der Waals surface area contributed by atoms with Gasteiger partial charge in [0, 0.05) is 0 Å². The molecule has 3 aromatic rings. The van der Waals surface area contributed by atoms with Crippen molar-refractivity contribution in [2.75, 3.05) is 13.1 Å². The van der Waals surface area contributed by atoms with Gasteiger partial charge in [0.25, 0.3) is 0 Å². The molecule has 0 saturated carbocycles. The van der Waals surface area contributed by atoms with Gasteiger partial charge in [-0.25, -0.2) is 0 Å². The van der Waals surface area contributed by atoms with E-state index in [1.807, 2.05) is 36.4 Å². The van der Waals surface area contributed by atoms with E-state index in [-0.39, 0.29) is 0 Å². The van der Waals surface area contributed by atoms with Crippen LogP contribution in [-0.4, -0.2) is 34.9 Å².